The fourth-order valence-corrected chi connectivity index (χ4v) is 3.72. The maximum absolute atomic E-state index is 12.5. The van der Waals surface area contributed by atoms with Gasteiger partial charge in [0, 0.05) is 22.3 Å². The van der Waals surface area contributed by atoms with Crippen molar-refractivity contribution in [1.82, 2.24) is 4.98 Å². The molecule has 1 N–H and O–H groups in total. The van der Waals surface area contributed by atoms with Crippen LogP contribution in [0.25, 0.3) is 11.3 Å². The number of hydrogen-bond acceptors (Lipinski definition) is 5. The van der Waals surface area contributed by atoms with E-state index in [1.807, 2.05) is 43.3 Å². The summed E-state index contributed by atoms with van der Waals surface area (Å²) in [6.45, 7) is 1.95. The van der Waals surface area contributed by atoms with Crippen LogP contribution in [-0.2, 0) is 9.59 Å². The Kier molecular flexibility index (Phi) is 4.76. The summed E-state index contributed by atoms with van der Waals surface area (Å²) >= 11 is 1.39. The molecule has 0 aliphatic heterocycles. The van der Waals surface area contributed by atoms with Crippen LogP contribution in [0, 0.1) is 18.8 Å². The van der Waals surface area contributed by atoms with Crippen LogP contribution in [0.1, 0.15) is 17.7 Å². The monoisotopic (exact) mass is 341 g/mol. The molecule has 24 heavy (non-hydrogen) atoms. The molecule has 2 aromatic rings. The summed E-state index contributed by atoms with van der Waals surface area (Å²) in [6.07, 6.45) is 4.35. The third kappa shape index (κ3) is 3.38. The summed E-state index contributed by atoms with van der Waals surface area (Å²) < 4.78 is 0. The number of allylic oxidation sites excluding steroid dienone is 2. The Morgan fingerprint density at radius 3 is 2.50 bits per heavy atom. The van der Waals surface area contributed by atoms with Crippen LogP contribution in [0.3, 0.4) is 0 Å². The van der Waals surface area contributed by atoms with Crippen molar-refractivity contribution in [2.24, 2.45) is 11.8 Å². The highest BCUT2D eigenvalue weighted by molar-refractivity contribution is 7.16. The topological polar surface area (TPSA) is 82.1 Å². The summed E-state index contributed by atoms with van der Waals surface area (Å²) in [7, 11) is 0. The fourth-order valence-electron chi connectivity index (χ4n) is 2.88. The first-order chi connectivity index (χ1) is 11.6. The SMILES string of the molecule is Cc1sc(NC(=O)[C@@H]2CC=CC[C@@H]2C(=O)[O-])nc1-c1ccccc1. The number of hydrogen-bond donors (Lipinski definition) is 1. The Hall–Kier alpha value is -2.47. The van der Waals surface area contributed by atoms with E-state index >= 15 is 0 Å². The number of carboxylic acid groups (broad SMARTS) is 1. The van der Waals surface area contributed by atoms with Crippen LogP contribution in [0.2, 0.25) is 0 Å². The molecule has 1 aliphatic carbocycles. The number of nitrogens with zero attached hydrogens (tertiary/aromatic N) is 1. The fraction of sp³-hybridized carbons (Fsp3) is 0.278. The molecule has 5 nitrogen and oxygen atoms in total. The largest absolute Gasteiger partial charge is 0.550 e. The molecule has 1 aromatic heterocycles. The lowest BCUT2D eigenvalue weighted by atomic mass is 9.82. The third-order valence-electron chi connectivity index (χ3n) is 4.15. The van der Waals surface area contributed by atoms with Crippen molar-refractivity contribution in [2.75, 3.05) is 5.32 Å². The lowest BCUT2D eigenvalue weighted by Gasteiger charge is -2.27. The van der Waals surface area contributed by atoms with Gasteiger partial charge >= 0.3 is 0 Å². The molecule has 0 unspecified atom stereocenters. The molecule has 0 radical (unpaired) electrons. The highest BCUT2D eigenvalue weighted by atomic mass is 32.1. The van der Waals surface area contributed by atoms with E-state index in [2.05, 4.69) is 10.3 Å². The smallest absolute Gasteiger partial charge is 0.230 e. The quantitative estimate of drug-likeness (QED) is 0.866. The lowest BCUT2D eigenvalue weighted by Crippen LogP contribution is -2.41. The van der Waals surface area contributed by atoms with Crippen molar-refractivity contribution in [1.29, 1.82) is 0 Å². The average Bonchev–Trinajstić information content (AvgIpc) is 2.96. The maximum Gasteiger partial charge on any atom is 0.230 e. The van der Waals surface area contributed by atoms with Gasteiger partial charge in [-0.15, -0.1) is 11.3 Å². The zero-order valence-corrected chi connectivity index (χ0v) is 14.0. The Bertz CT molecular complexity index is 783. The number of aliphatic carboxylic acids is 1. The van der Waals surface area contributed by atoms with Gasteiger partial charge in [0.1, 0.15) is 0 Å². The standard InChI is InChI=1S/C18H18N2O3S/c1-11-15(12-7-3-2-4-8-12)19-18(24-11)20-16(21)13-9-5-6-10-14(13)17(22)23/h2-8,13-14H,9-10H2,1H3,(H,22,23)(H,19,20,21)/p-1/t13-,14+/m1/s1. The molecule has 124 valence electrons. The number of aromatic nitrogens is 1. The minimum atomic E-state index is -1.18. The van der Waals surface area contributed by atoms with E-state index in [0.29, 0.717) is 18.0 Å². The van der Waals surface area contributed by atoms with Gasteiger partial charge in [0.25, 0.3) is 0 Å². The minimum Gasteiger partial charge on any atom is -0.550 e. The van der Waals surface area contributed by atoms with E-state index < -0.39 is 17.8 Å². The predicted octanol–water partition coefficient (Wildman–Crippen LogP) is 2.39. The van der Waals surface area contributed by atoms with Crippen molar-refractivity contribution in [3.63, 3.8) is 0 Å². The van der Waals surface area contributed by atoms with E-state index in [1.54, 1.807) is 6.08 Å². The second kappa shape index (κ2) is 6.97. The van der Waals surface area contributed by atoms with Crippen LogP contribution in [0.15, 0.2) is 42.5 Å². The molecule has 0 fully saturated rings. The second-order valence-electron chi connectivity index (χ2n) is 5.75. The van der Waals surface area contributed by atoms with E-state index in [0.717, 1.165) is 16.1 Å². The van der Waals surface area contributed by atoms with Crippen molar-refractivity contribution in [3.05, 3.63) is 47.4 Å². The van der Waals surface area contributed by atoms with E-state index in [-0.39, 0.29) is 5.91 Å². The zero-order chi connectivity index (χ0) is 17.1. The molecule has 3 rings (SSSR count). The molecular weight excluding hydrogens is 324 g/mol. The number of carbonyl (C=O) groups is 2. The van der Waals surface area contributed by atoms with Crippen molar-refractivity contribution >= 4 is 28.3 Å². The summed E-state index contributed by atoms with van der Waals surface area (Å²) in [5.41, 5.74) is 1.82. The molecule has 0 saturated heterocycles. The highest BCUT2D eigenvalue weighted by Gasteiger charge is 2.30. The van der Waals surface area contributed by atoms with Crippen molar-refractivity contribution in [2.45, 2.75) is 19.8 Å². The number of rotatable bonds is 4. The molecule has 1 heterocycles. The molecule has 2 atom stereocenters. The number of anilines is 1. The molecule has 1 amide bonds. The summed E-state index contributed by atoms with van der Waals surface area (Å²) in [5, 5.41) is 14.5. The Morgan fingerprint density at radius 2 is 1.83 bits per heavy atom. The number of thiazole rings is 1. The van der Waals surface area contributed by atoms with E-state index in [4.69, 9.17) is 0 Å². The summed E-state index contributed by atoms with van der Waals surface area (Å²) in [6, 6.07) is 9.73. The summed E-state index contributed by atoms with van der Waals surface area (Å²) in [5.74, 6) is -2.91. The molecule has 1 aromatic carbocycles. The van der Waals surface area contributed by atoms with Crippen LogP contribution < -0.4 is 10.4 Å². The Morgan fingerprint density at radius 1 is 1.17 bits per heavy atom. The predicted molar refractivity (Wildman–Crippen MR) is 91.3 cm³/mol. The average molecular weight is 341 g/mol. The van der Waals surface area contributed by atoms with E-state index in [9.17, 15) is 14.7 Å². The Balaban J connectivity index is 1.78. The number of carboxylic acids is 1. The molecule has 0 saturated carbocycles. The van der Waals surface area contributed by atoms with Gasteiger partial charge in [-0.25, -0.2) is 4.98 Å². The summed E-state index contributed by atoms with van der Waals surface area (Å²) in [4.78, 5) is 29.2. The molecule has 0 bridgehead atoms. The van der Waals surface area contributed by atoms with Crippen molar-refractivity contribution in [3.8, 4) is 11.3 Å². The lowest BCUT2D eigenvalue weighted by molar-refractivity contribution is -0.313. The van der Waals surface area contributed by atoms with Gasteiger partial charge < -0.3 is 15.2 Å². The van der Waals surface area contributed by atoms with Gasteiger partial charge in [-0.05, 0) is 19.8 Å². The van der Waals surface area contributed by atoms with Gasteiger partial charge in [0.2, 0.25) is 5.91 Å². The number of benzene rings is 1. The first kappa shape index (κ1) is 16.4. The number of carbonyl (C=O) groups excluding carboxylic acids is 2. The van der Waals surface area contributed by atoms with Gasteiger partial charge in [-0.3, -0.25) is 4.79 Å². The molecule has 6 heteroatoms. The maximum atomic E-state index is 12.5. The highest BCUT2D eigenvalue weighted by Crippen LogP contribution is 2.32. The molecular formula is C18H17N2O3S-. The van der Waals surface area contributed by atoms with Crippen LogP contribution >= 0.6 is 11.3 Å². The van der Waals surface area contributed by atoms with Crippen molar-refractivity contribution < 1.29 is 14.7 Å². The first-order valence-electron chi connectivity index (χ1n) is 7.76. The normalized spacial score (nSPS) is 19.9. The van der Waals surface area contributed by atoms with Gasteiger partial charge in [-0.2, -0.15) is 0 Å². The van der Waals surface area contributed by atoms with Gasteiger partial charge in [-0.1, -0.05) is 42.5 Å². The molecule has 0 spiro atoms. The Labute approximate surface area is 144 Å². The van der Waals surface area contributed by atoms with Crippen LogP contribution in [-0.4, -0.2) is 16.9 Å². The molecule has 1 aliphatic rings. The first-order valence-corrected chi connectivity index (χ1v) is 8.57. The number of amides is 1. The number of aryl methyl sites for hydroxylation is 1. The zero-order valence-electron chi connectivity index (χ0n) is 13.2. The third-order valence-corrected chi connectivity index (χ3v) is 5.03. The van der Waals surface area contributed by atoms with Crippen LogP contribution in [0.5, 0.6) is 0 Å². The number of nitrogens with one attached hydrogen (secondary N) is 1. The van der Waals surface area contributed by atoms with E-state index in [1.165, 1.54) is 11.3 Å². The minimum absolute atomic E-state index is 0.318. The second-order valence-corrected chi connectivity index (χ2v) is 6.96. The van der Waals surface area contributed by atoms with Crippen LogP contribution in [0.4, 0.5) is 5.13 Å². The van der Waals surface area contributed by atoms with Gasteiger partial charge in [0.15, 0.2) is 5.13 Å². The van der Waals surface area contributed by atoms with Gasteiger partial charge in [0.05, 0.1) is 11.6 Å².